The molecule has 1 atom stereocenters. The van der Waals surface area contributed by atoms with E-state index in [1.807, 2.05) is 42.2 Å². The highest BCUT2D eigenvalue weighted by atomic mass is 32.2. The zero-order chi connectivity index (χ0) is 37.8. The summed E-state index contributed by atoms with van der Waals surface area (Å²) in [6.45, 7) is 3.31. The lowest BCUT2D eigenvalue weighted by Gasteiger charge is -2.15. The summed E-state index contributed by atoms with van der Waals surface area (Å²) in [5.41, 5.74) is 0.643. The summed E-state index contributed by atoms with van der Waals surface area (Å²) in [6, 6.07) is 24.1. The maximum atomic E-state index is 13.9. The Bertz CT molecular complexity index is 2430. The van der Waals surface area contributed by atoms with E-state index in [2.05, 4.69) is 10.4 Å². The number of benzene rings is 3. The largest absolute Gasteiger partial charge is 0.744 e. The quantitative estimate of drug-likeness (QED) is 0.177. The van der Waals surface area contributed by atoms with Crippen LogP contribution < -0.4 is 15.6 Å². The molecule has 0 unspecified atom stereocenters. The Hall–Kier alpha value is -6.31. The lowest BCUT2D eigenvalue weighted by molar-refractivity contribution is -0.671. The Morgan fingerprint density at radius 2 is 1.62 bits per heavy atom. The van der Waals surface area contributed by atoms with E-state index < -0.39 is 39.6 Å². The molecular formula is C36H30F3N7O5S. The Balaban J connectivity index is 0.000000452. The average molecular weight is 730 g/mol. The van der Waals surface area contributed by atoms with E-state index in [0.717, 1.165) is 26.8 Å². The summed E-state index contributed by atoms with van der Waals surface area (Å²) in [7, 11) is -2.40. The first-order valence-corrected chi connectivity index (χ1v) is 16.8. The van der Waals surface area contributed by atoms with E-state index in [4.69, 9.17) is 0 Å². The molecular weight excluding hydrogens is 700 g/mol. The summed E-state index contributed by atoms with van der Waals surface area (Å²) < 4.78 is 76.8. The number of nitrogens with one attached hydrogen (secondary N) is 1. The average Bonchev–Trinajstić information content (AvgIpc) is 3.70. The summed E-state index contributed by atoms with van der Waals surface area (Å²) in [5, 5.41) is 16.4. The van der Waals surface area contributed by atoms with Crippen LogP contribution in [0.3, 0.4) is 0 Å². The SMILES string of the molecule is Cc1c(-c2ccnn2-c2ccc(C#N)cc2)n(C(=O)N[C@H](C)c2cc[n+](C)cc2)c(=O)n1-c1cccc(C(F)(F)F)c1.O=S(=O)([O-])c1ccccc1. The summed E-state index contributed by atoms with van der Waals surface area (Å²) in [6.07, 6.45) is 0.486. The first kappa shape index (κ1) is 37.0. The Morgan fingerprint density at radius 3 is 2.19 bits per heavy atom. The van der Waals surface area contributed by atoms with Crippen LogP contribution in [-0.4, -0.2) is 37.9 Å². The third-order valence-corrected chi connectivity index (χ3v) is 8.77. The highest BCUT2D eigenvalue weighted by Gasteiger charge is 2.32. The molecule has 266 valence electrons. The maximum Gasteiger partial charge on any atom is 0.416 e. The number of amides is 1. The maximum absolute atomic E-state index is 13.9. The van der Waals surface area contributed by atoms with Gasteiger partial charge in [0.15, 0.2) is 12.4 Å². The molecule has 0 saturated heterocycles. The fourth-order valence-corrected chi connectivity index (χ4v) is 5.80. The van der Waals surface area contributed by atoms with Gasteiger partial charge in [-0.25, -0.2) is 31.8 Å². The summed E-state index contributed by atoms with van der Waals surface area (Å²) >= 11 is 0. The lowest BCUT2D eigenvalue weighted by atomic mass is 10.1. The monoisotopic (exact) mass is 729 g/mol. The predicted molar refractivity (Wildman–Crippen MR) is 181 cm³/mol. The second-order valence-electron chi connectivity index (χ2n) is 11.5. The molecule has 0 radical (unpaired) electrons. The molecule has 0 aliphatic rings. The molecule has 16 heteroatoms. The van der Waals surface area contributed by atoms with Crippen molar-refractivity contribution in [2.45, 2.75) is 31.0 Å². The molecule has 52 heavy (non-hydrogen) atoms. The normalized spacial score (nSPS) is 12.0. The predicted octanol–water partition coefficient (Wildman–Crippen LogP) is 5.42. The van der Waals surface area contributed by atoms with Crippen molar-refractivity contribution < 1.29 is 35.5 Å². The van der Waals surface area contributed by atoms with Crippen LogP contribution in [0.15, 0.2) is 125 Å². The minimum absolute atomic E-state index is 0.0480. The van der Waals surface area contributed by atoms with Gasteiger partial charge in [0.25, 0.3) is 0 Å². The van der Waals surface area contributed by atoms with E-state index >= 15 is 0 Å². The van der Waals surface area contributed by atoms with Crippen molar-refractivity contribution in [1.29, 1.82) is 5.26 Å². The molecule has 3 aromatic heterocycles. The van der Waals surface area contributed by atoms with E-state index in [0.29, 0.717) is 16.9 Å². The highest BCUT2D eigenvalue weighted by Crippen LogP contribution is 2.32. The van der Waals surface area contributed by atoms with E-state index in [9.17, 15) is 41.0 Å². The molecule has 12 nitrogen and oxygen atoms in total. The van der Waals surface area contributed by atoms with Crippen LogP contribution in [0.1, 0.15) is 35.3 Å². The second-order valence-corrected chi connectivity index (χ2v) is 12.8. The molecule has 0 aliphatic carbocycles. The van der Waals surface area contributed by atoms with Crippen molar-refractivity contribution in [3.63, 3.8) is 0 Å². The van der Waals surface area contributed by atoms with Crippen molar-refractivity contribution in [3.05, 3.63) is 149 Å². The number of carbonyl (C=O) groups is 1. The number of rotatable bonds is 6. The van der Waals surface area contributed by atoms with Gasteiger partial charge < -0.3 is 9.87 Å². The van der Waals surface area contributed by atoms with Gasteiger partial charge in [0.1, 0.15) is 22.9 Å². The molecule has 0 saturated carbocycles. The Kier molecular flexibility index (Phi) is 10.6. The smallest absolute Gasteiger partial charge is 0.416 e. The number of carbonyl (C=O) groups excluding carboxylic acids is 1. The minimum Gasteiger partial charge on any atom is -0.744 e. The topological polar surface area (TPSA) is 159 Å². The molecule has 1 N–H and O–H groups in total. The third-order valence-electron chi connectivity index (χ3n) is 7.92. The molecule has 1 amide bonds. The standard InChI is InChI=1S/C30H24F3N7O2.C6H6O3S/c1-19(22-12-15-37(3)16-13-22)36-28(41)39-27(26-11-14-35-40(26)24-9-7-21(18-34)8-10-24)20(2)38(29(39)42)25-6-4-5-23(17-25)30(31,32)33;7-10(8,9)6-4-2-1-3-5-6/h4-17,19H,1-3H3;1-5H,(H,7,8,9)/t19-;/m1./s1. The number of imidazole rings is 1. The van der Waals surface area contributed by atoms with E-state index in [-0.39, 0.29) is 22.0 Å². The third kappa shape index (κ3) is 8.01. The van der Waals surface area contributed by atoms with Crippen LogP contribution in [0.25, 0.3) is 22.8 Å². The van der Waals surface area contributed by atoms with Crippen LogP contribution in [0.4, 0.5) is 18.0 Å². The number of nitriles is 1. The van der Waals surface area contributed by atoms with Crippen molar-refractivity contribution in [2.75, 3.05) is 0 Å². The van der Waals surface area contributed by atoms with Crippen molar-refractivity contribution in [1.82, 2.24) is 24.2 Å². The first-order chi connectivity index (χ1) is 24.6. The van der Waals surface area contributed by atoms with Crippen molar-refractivity contribution in [2.24, 2.45) is 7.05 Å². The number of alkyl halides is 3. The second kappa shape index (κ2) is 14.9. The first-order valence-electron chi connectivity index (χ1n) is 15.4. The summed E-state index contributed by atoms with van der Waals surface area (Å²) in [5.74, 6) is 0. The number of pyridine rings is 1. The van der Waals surface area contributed by atoms with E-state index in [1.54, 1.807) is 50.2 Å². The lowest BCUT2D eigenvalue weighted by Crippen LogP contribution is -2.38. The Morgan fingerprint density at radius 1 is 0.962 bits per heavy atom. The minimum atomic E-state index is -4.63. The zero-order valence-electron chi connectivity index (χ0n) is 27.8. The van der Waals surface area contributed by atoms with Gasteiger partial charge in [0.05, 0.1) is 57.1 Å². The number of aromatic nitrogens is 5. The highest BCUT2D eigenvalue weighted by molar-refractivity contribution is 7.85. The van der Waals surface area contributed by atoms with E-state index in [1.165, 1.54) is 47.3 Å². The van der Waals surface area contributed by atoms with Crippen LogP contribution in [-0.2, 0) is 23.3 Å². The fraction of sp³-hybridized carbons (Fsp3) is 0.139. The number of aryl methyl sites for hydroxylation is 1. The molecule has 0 fully saturated rings. The van der Waals surface area contributed by atoms with Crippen molar-refractivity contribution >= 4 is 16.1 Å². The molecule has 6 aromatic rings. The van der Waals surface area contributed by atoms with Gasteiger partial charge in [0, 0.05) is 12.1 Å². The molecule has 0 aliphatic heterocycles. The molecule has 6 rings (SSSR count). The fourth-order valence-electron chi connectivity index (χ4n) is 5.31. The van der Waals surface area contributed by atoms with Gasteiger partial charge >= 0.3 is 17.9 Å². The number of hydrogen-bond donors (Lipinski definition) is 1. The van der Waals surface area contributed by atoms with Gasteiger partial charge in [-0.15, -0.1) is 0 Å². The molecule has 3 aromatic carbocycles. The summed E-state index contributed by atoms with van der Waals surface area (Å²) in [4.78, 5) is 27.5. The number of nitrogens with zero attached hydrogens (tertiary/aromatic N) is 6. The van der Waals surface area contributed by atoms with Crippen LogP contribution in [0.5, 0.6) is 0 Å². The zero-order valence-corrected chi connectivity index (χ0v) is 28.6. The van der Waals surface area contributed by atoms with Gasteiger partial charge in [-0.1, -0.05) is 24.3 Å². The molecule has 0 spiro atoms. The van der Waals surface area contributed by atoms with Gasteiger partial charge in [0.2, 0.25) is 0 Å². The molecule has 3 heterocycles. The molecule has 0 bridgehead atoms. The van der Waals surface area contributed by atoms with Gasteiger partial charge in [-0.05, 0) is 80.1 Å². The number of hydrogen-bond acceptors (Lipinski definition) is 7. The van der Waals surface area contributed by atoms with Gasteiger partial charge in [-0.3, -0.25) is 4.57 Å². The van der Waals surface area contributed by atoms with Gasteiger partial charge in [-0.2, -0.15) is 23.5 Å². The van der Waals surface area contributed by atoms with Crippen LogP contribution in [0.2, 0.25) is 0 Å². The Labute approximate surface area is 296 Å². The van der Waals surface area contributed by atoms with Crippen molar-refractivity contribution in [3.8, 4) is 28.8 Å². The van der Waals surface area contributed by atoms with Crippen LogP contribution in [0, 0.1) is 18.3 Å². The van der Waals surface area contributed by atoms with Crippen LogP contribution >= 0.6 is 0 Å². The number of halogens is 3.